The number of fused-ring (bicyclic) bond motifs is 1. The molecule has 4 heterocycles. The normalized spacial score (nSPS) is 17.5. The smallest absolute Gasteiger partial charge is 0.264 e. The molecule has 1 atom stereocenters. The van der Waals surface area contributed by atoms with Crippen molar-refractivity contribution in [3.8, 4) is 17.0 Å². The van der Waals surface area contributed by atoms with Gasteiger partial charge < -0.3 is 21.1 Å². The molecule has 4 N–H and O–H groups in total. The van der Waals surface area contributed by atoms with E-state index in [0.717, 1.165) is 16.7 Å². The van der Waals surface area contributed by atoms with E-state index in [0.29, 0.717) is 46.3 Å². The van der Waals surface area contributed by atoms with Crippen LogP contribution in [0.15, 0.2) is 60.0 Å². The van der Waals surface area contributed by atoms with E-state index in [1.807, 2.05) is 31.3 Å². The largest absolute Gasteiger partial charge is 0.481 e. The highest BCUT2D eigenvalue weighted by Gasteiger charge is 2.41. The minimum absolute atomic E-state index is 0.0599. The Labute approximate surface area is 223 Å². The first-order valence-corrected chi connectivity index (χ1v) is 12.6. The van der Waals surface area contributed by atoms with Crippen LogP contribution in [-0.4, -0.2) is 53.1 Å². The third kappa shape index (κ3) is 5.14. The lowest BCUT2D eigenvalue weighted by molar-refractivity contribution is -0.0678. The molecular formula is C27H28ClF2N7O. The van der Waals surface area contributed by atoms with Gasteiger partial charge in [0.1, 0.15) is 5.84 Å². The molecule has 11 heteroatoms. The minimum atomic E-state index is -2.83. The Kier molecular flexibility index (Phi) is 7.18. The van der Waals surface area contributed by atoms with Gasteiger partial charge in [-0.05, 0) is 43.7 Å². The molecule has 4 aromatic rings. The van der Waals surface area contributed by atoms with Gasteiger partial charge in [-0.3, -0.25) is 0 Å². The molecule has 3 aromatic heterocycles. The molecule has 198 valence electrons. The average Bonchev–Trinajstić information content (AvgIpc) is 3.33. The van der Waals surface area contributed by atoms with Crippen LogP contribution in [0.1, 0.15) is 17.5 Å². The number of ether oxygens (including phenoxy) is 1. The predicted molar refractivity (Wildman–Crippen MR) is 146 cm³/mol. The topological polar surface area (TPSA) is 102 Å². The second-order valence-electron chi connectivity index (χ2n) is 9.29. The quantitative estimate of drug-likeness (QED) is 0.224. The monoisotopic (exact) mass is 539 g/mol. The van der Waals surface area contributed by atoms with Crippen molar-refractivity contribution in [2.45, 2.75) is 19.3 Å². The van der Waals surface area contributed by atoms with Crippen LogP contribution in [0.2, 0.25) is 5.02 Å². The molecule has 0 spiro atoms. The number of methoxy groups -OCH3 is 1. The first-order valence-electron chi connectivity index (χ1n) is 12.2. The number of amidine groups is 1. The van der Waals surface area contributed by atoms with Gasteiger partial charge in [0.2, 0.25) is 5.88 Å². The summed E-state index contributed by atoms with van der Waals surface area (Å²) in [6.45, 7) is 2.22. The lowest BCUT2D eigenvalue weighted by Crippen LogP contribution is -2.48. The van der Waals surface area contributed by atoms with Gasteiger partial charge in [-0.15, -0.1) is 0 Å². The van der Waals surface area contributed by atoms with Crippen molar-refractivity contribution in [1.29, 1.82) is 0 Å². The number of aryl methyl sites for hydroxylation is 1. The third-order valence-corrected chi connectivity index (χ3v) is 7.08. The van der Waals surface area contributed by atoms with Crippen LogP contribution in [0.3, 0.4) is 0 Å². The standard InChI is InChI=1S/C27H28ClF2N7O/c1-16-9-24(38-2)33-12-19(16)17-10-23-25(34-11-18-7-8-32-15-27(18,29)30)20(13-35-37(23)14-17)26(31)36-22-6-4-3-5-21(22)28/h3-6,9-10,12-14,18,32,34H,7-8,11,15H2,1-2H3,(H2,31,36). The number of benzene rings is 1. The molecule has 1 aromatic carbocycles. The second-order valence-corrected chi connectivity index (χ2v) is 9.69. The number of hydrogen-bond donors (Lipinski definition) is 3. The molecule has 1 saturated heterocycles. The number of aliphatic imine (C=N–C) groups is 1. The van der Waals surface area contributed by atoms with Gasteiger partial charge in [0.05, 0.1) is 47.3 Å². The fraction of sp³-hybridized carbons (Fsp3) is 0.296. The number of nitrogens with one attached hydrogen (secondary N) is 2. The van der Waals surface area contributed by atoms with Crippen LogP contribution in [0, 0.1) is 12.8 Å². The van der Waals surface area contributed by atoms with Crippen molar-refractivity contribution in [2.24, 2.45) is 16.6 Å². The summed E-state index contributed by atoms with van der Waals surface area (Å²) in [6, 6.07) is 10.9. The van der Waals surface area contributed by atoms with Crippen molar-refractivity contribution in [3.63, 3.8) is 0 Å². The number of aromatic nitrogens is 3. The SMILES string of the molecule is COc1cc(C)c(-c2cc3c(NCC4CCNCC4(F)F)c(C(N)=Nc4ccccc4Cl)cnn3c2)cn1. The maximum Gasteiger partial charge on any atom is 0.264 e. The van der Waals surface area contributed by atoms with Crippen molar-refractivity contribution >= 4 is 34.3 Å². The highest BCUT2D eigenvalue weighted by molar-refractivity contribution is 6.33. The molecule has 5 rings (SSSR count). The number of nitrogens with zero attached hydrogens (tertiary/aromatic N) is 4. The summed E-state index contributed by atoms with van der Waals surface area (Å²) in [6.07, 6.45) is 5.53. The number of anilines is 1. The second kappa shape index (κ2) is 10.5. The highest BCUT2D eigenvalue weighted by Crippen LogP contribution is 2.34. The first-order chi connectivity index (χ1) is 18.3. The van der Waals surface area contributed by atoms with Crippen LogP contribution in [0.25, 0.3) is 16.6 Å². The number of alkyl halides is 2. The summed E-state index contributed by atoms with van der Waals surface area (Å²) < 4.78 is 36.1. The zero-order valence-electron chi connectivity index (χ0n) is 21.0. The van der Waals surface area contributed by atoms with E-state index in [-0.39, 0.29) is 18.9 Å². The van der Waals surface area contributed by atoms with Crippen LogP contribution >= 0.6 is 11.6 Å². The van der Waals surface area contributed by atoms with E-state index in [2.05, 4.69) is 25.7 Å². The molecule has 38 heavy (non-hydrogen) atoms. The van der Waals surface area contributed by atoms with Crippen LogP contribution in [-0.2, 0) is 0 Å². The summed E-state index contributed by atoms with van der Waals surface area (Å²) in [5.74, 6) is -2.98. The summed E-state index contributed by atoms with van der Waals surface area (Å²) >= 11 is 6.29. The molecule has 1 aliphatic heterocycles. The molecule has 0 aliphatic carbocycles. The summed E-state index contributed by atoms with van der Waals surface area (Å²) in [5.41, 5.74) is 11.4. The van der Waals surface area contributed by atoms with Gasteiger partial charge in [-0.1, -0.05) is 23.7 Å². The van der Waals surface area contributed by atoms with E-state index >= 15 is 0 Å². The first kappa shape index (κ1) is 25.9. The Balaban J connectivity index is 1.59. The fourth-order valence-electron chi connectivity index (χ4n) is 4.62. The maximum atomic E-state index is 14.6. The van der Waals surface area contributed by atoms with Crippen molar-refractivity contribution in [3.05, 3.63) is 71.1 Å². The van der Waals surface area contributed by atoms with Gasteiger partial charge in [0.15, 0.2) is 0 Å². The molecule has 0 saturated carbocycles. The van der Waals surface area contributed by atoms with Crippen molar-refractivity contribution in [2.75, 3.05) is 32.1 Å². The van der Waals surface area contributed by atoms with Gasteiger partial charge in [-0.2, -0.15) is 5.10 Å². The molecule has 0 amide bonds. The number of para-hydroxylation sites is 1. The zero-order chi connectivity index (χ0) is 26.9. The van der Waals surface area contributed by atoms with E-state index < -0.39 is 11.8 Å². The molecule has 0 radical (unpaired) electrons. The average molecular weight is 540 g/mol. The summed E-state index contributed by atoms with van der Waals surface area (Å²) in [4.78, 5) is 8.84. The van der Waals surface area contributed by atoms with Gasteiger partial charge in [-0.25, -0.2) is 23.3 Å². The molecule has 0 bridgehead atoms. The Bertz CT molecular complexity index is 1500. The van der Waals surface area contributed by atoms with E-state index in [9.17, 15) is 8.78 Å². The molecule has 8 nitrogen and oxygen atoms in total. The Morgan fingerprint density at radius 2 is 2.13 bits per heavy atom. The lowest BCUT2D eigenvalue weighted by atomic mass is 9.94. The lowest BCUT2D eigenvalue weighted by Gasteiger charge is -2.32. The van der Waals surface area contributed by atoms with Crippen molar-refractivity contribution in [1.82, 2.24) is 19.9 Å². The van der Waals surface area contributed by atoms with E-state index in [1.165, 1.54) is 0 Å². The number of hydrogen-bond acceptors (Lipinski definition) is 6. The molecular weight excluding hydrogens is 512 g/mol. The maximum absolute atomic E-state index is 14.6. The summed E-state index contributed by atoms with van der Waals surface area (Å²) in [5, 5.41) is 11.0. The number of pyridine rings is 1. The van der Waals surface area contributed by atoms with Gasteiger partial charge in [0.25, 0.3) is 5.92 Å². The van der Waals surface area contributed by atoms with E-state index in [1.54, 1.807) is 42.2 Å². The third-order valence-electron chi connectivity index (χ3n) is 6.77. The minimum Gasteiger partial charge on any atom is -0.481 e. The van der Waals surface area contributed by atoms with Crippen LogP contribution in [0.4, 0.5) is 20.2 Å². The number of nitrogens with two attached hydrogens (primary N) is 1. The summed E-state index contributed by atoms with van der Waals surface area (Å²) in [7, 11) is 1.57. The molecule has 1 aliphatic rings. The predicted octanol–water partition coefficient (Wildman–Crippen LogP) is 5.06. The zero-order valence-corrected chi connectivity index (χ0v) is 21.8. The number of rotatable bonds is 7. The number of piperidine rings is 1. The van der Waals surface area contributed by atoms with E-state index in [4.69, 9.17) is 22.1 Å². The Hall–Kier alpha value is -3.76. The molecule has 1 unspecified atom stereocenters. The van der Waals surface area contributed by atoms with Crippen molar-refractivity contribution < 1.29 is 13.5 Å². The fourth-order valence-corrected chi connectivity index (χ4v) is 4.80. The molecule has 1 fully saturated rings. The van der Waals surface area contributed by atoms with Crippen LogP contribution in [0.5, 0.6) is 5.88 Å². The van der Waals surface area contributed by atoms with Gasteiger partial charge >= 0.3 is 0 Å². The highest BCUT2D eigenvalue weighted by atomic mass is 35.5. The Morgan fingerprint density at radius 3 is 2.87 bits per heavy atom. The van der Waals surface area contributed by atoms with Gasteiger partial charge in [0, 0.05) is 42.0 Å². The number of halogens is 3. The van der Waals surface area contributed by atoms with Crippen LogP contribution < -0.4 is 21.1 Å². The Morgan fingerprint density at radius 1 is 1.32 bits per heavy atom.